The first kappa shape index (κ1) is 22.9. The maximum Gasteiger partial charge on any atom is 0.315 e. The quantitative estimate of drug-likeness (QED) is 0.402. The fraction of sp³-hybridized carbons (Fsp3) is 0.320. The molecule has 0 radical (unpaired) electrons. The topological polar surface area (TPSA) is 122 Å². The van der Waals surface area contributed by atoms with Crippen molar-refractivity contribution in [2.75, 3.05) is 13.1 Å². The molecule has 1 aromatic carbocycles. The SMILES string of the molecule is CC(C)(C)c1noc(C(=O)NCc2ccc(-c3ccnc4nc(C5=CCNCC5)[nH]c34)cc2F)n1. The van der Waals surface area contributed by atoms with E-state index in [2.05, 4.69) is 41.8 Å². The van der Waals surface area contributed by atoms with Gasteiger partial charge in [0.15, 0.2) is 11.5 Å². The molecule has 3 aromatic heterocycles. The zero-order valence-corrected chi connectivity index (χ0v) is 19.8. The van der Waals surface area contributed by atoms with Crippen LogP contribution in [-0.2, 0) is 12.0 Å². The van der Waals surface area contributed by atoms with E-state index in [-0.39, 0.29) is 17.9 Å². The summed E-state index contributed by atoms with van der Waals surface area (Å²) >= 11 is 0. The minimum atomic E-state index is -0.551. The van der Waals surface area contributed by atoms with Crippen molar-refractivity contribution in [2.45, 2.75) is 39.2 Å². The second-order valence-corrected chi connectivity index (χ2v) is 9.49. The number of hydrogen-bond acceptors (Lipinski definition) is 7. The number of imidazole rings is 1. The van der Waals surface area contributed by atoms with Crippen LogP contribution < -0.4 is 10.6 Å². The van der Waals surface area contributed by atoms with E-state index in [9.17, 15) is 9.18 Å². The standard InChI is InChI=1S/C25H26FN7O2/c1-25(2,3)24-32-23(35-33-24)22(34)29-13-16-5-4-15(12-18(16)26)17-8-11-28-21-19(17)30-20(31-21)14-6-9-27-10-7-14/h4-6,8,11-12,27H,7,9-10,13H2,1-3H3,(H,29,34)(H,28,30,31). The number of nitrogens with zero attached hydrogens (tertiary/aromatic N) is 4. The fourth-order valence-corrected chi connectivity index (χ4v) is 3.87. The van der Waals surface area contributed by atoms with Gasteiger partial charge in [-0.1, -0.05) is 44.1 Å². The third kappa shape index (κ3) is 4.69. The van der Waals surface area contributed by atoms with Gasteiger partial charge >= 0.3 is 11.8 Å². The lowest BCUT2D eigenvalue weighted by Gasteiger charge is -2.11. The average molecular weight is 476 g/mol. The molecule has 1 aliphatic rings. The summed E-state index contributed by atoms with van der Waals surface area (Å²) in [4.78, 5) is 28.9. The highest BCUT2D eigenvalue weighted by molar-refractivity contribution is 5.91. The molecule has 0 bridgehead atoms. The van der Waals surface area contributed by atoms with Gasteiger partial charge in [-0.15, -0.1) is 0 Å². The summed E-state index contributed by atoms with van der Waals surface area (Å²) in [5, 5.41) is 9.77. The summed E-state index contributed by atoms with van der Waals surface area (Å²) in [5.74, 6) is 0.0844. The van der Waals surface area contributed by atoms with E-state index >= 15 is 0 Å². The summed E-state index contributed by atoms with van der Waals surface area (Å²) in [6.07, 6.45) is 4.66. The molecule has 0 atom stereocenters. The number of carbonyl (C=O) groups excluding carboxylic acids is 1. The first-order valence-corrected chi connectivity index (χ1v) is 11.5. The average Bonchev–Trinajstić information content (AvgIpc) is 3.51. The van der Waals surface area contributed by atoms with Crippen LogP contribution in [0.5, 0.6) is 0 Å². The van der Waals surface area contributed by atoms with E-state index < -0.39 is 11.7 Å². The fourth-order valence-electron chi connectivity index (χ4n) is 3.87. The molecule has 3 N–H and O–H groups in total. The molecule has 4 heterocycles. The molecule has 10 heteroatoms. The Hall–Kier alpha value is -3.92. The molecule has 5 rings (SSSR count). The van der Waals surface area contributed by atoms with Crippen LogP contribution in [0.4, 0.5) is 4.39 Å². The van der Waals surface area contributed by atoms with E-state index in [0.29, 0.717) is 22.6 Å². The molecule has 0 saturated carbocycles. The highest BCUT2D eigenvalue weighted by Gasteiger charge is 2.24. The van der Waals surface area contributed by atoms with Crippen LogP contribution in [0.25, 0.3) is 27.9 Å². The molecule has 180 valence electrons. The Morgan fingerprint density at radius 1 is 1.23 bits per heavy atom. The zero-order chi connectivity index (χ0) is 24.6. The van der Waals surface area contributed by atoms with Gasteiger partial charge in [-0.2, -0.15) is 4.98 Å². The number of nitrogens with one attached hydrogen (secondary N) is 3. The molecule has 35 heavy (non-hydrogen) atoms. The molecule has 0 unspecified atom stereocenters. The maximum atomic E-state index is 15.0. The summed E-state index contributed by atoms with van der Waals surface area (Å²) in [6.45, 7) is 7.45. The predicted molar refractivity (Wildman–Crippen MR) is 129 cm³/mol. The number of carbonyl (C=O) groups is 1. The van der Waals surface area contributed by atoms with Gasteiger partial charge in [-0.3, -0.25) is 4.79 Å². The smallest absolute Gasteiger partial charge is 0.315 e. The van der Waals surface area contributed by atoms with Crippen molar-refractivity contribution in [2.24, 2.45) is 0 Å². The van der Waals surface area contributed by atoms with Crippen LogP contribution in [0.2, 0.25) is 0 Å². The van der Waals surface area contributed by atoms with Crippen LogP contribution in [0, 0.1) is 5.82 Å². The lowest BCUT2D eigenvalue weighted by molar-refractivity contribution is 0.0906. The lowest BCUT2D eigenvalue weighted by atomic mass is 9.96. The van der Waals surface area contributed by atoms with E-state index in [1.807, 2.05) is 32.9 Å². The molecular formula is C25H26FN7O2. The lowest BCUT2D eigenvalue weighted by Crippen LogP contribution is -2.24. The summed E-state index contributed by atoms with van der Waals surface area (Å²) in [7, 11) is 0. The van der Waals surface area contributed by atoms with Crippen molar-refractivity contribution in [1.82, 2.24) is 35.7 Å². The summed E-state index contributed by atoms with van der Waals surface area (Å²) in [5.41, 5.74) is 3.97. The van der Waals surface area contributed by atoms with E-state index in [4.69, 9.17) is 4.52 Å². The highest BCUT2D eigenvalue weighted by Crippen LogP contribution is 2.29. The molecule has 9 nitrogen and oxygen atoms in total. The number of rotatable bonds is 5. The first-order chi connectivity index (χ1) is 16.8. The Labute approximate surface area is 201 Å². The van der Waals surface area contributed by atoms with Gasteiger partial charge in [0.25, 0.3) is 0 Å². The van der Waals surface area contributed by atoms with Crippen LogP contribution in [0.1, 0.15) is 55.1 Å². The van der Waals surface area contributed by atoms with Gasteiger partial charge in [0.2, 0.25) is 0 Å². The second-order valence-electron chi connectivity index (χ2n) is 9.49. The zero-order valence-electron chi connectivity index (χ0n) is 19.8. The number of fused-ring (bicyclic) bond motifs is 1. The van der Waals surface area contributed by atoms with Crippen LogP contribution >= 0.6 is 0 Å². The van der Waals surface area contributed by atoms with E-state index in [0.717, 1.165) is 42.0 Å². The van der Waals surface area contributed by atoms with E-state index in [1.165, 1.54) is 6.07 Å². The molecule has 4 aromatic rings. The van der Waals surface area contributed by atoms with Gasteiger partial charge in [0, 0.05) is 35.8 Å². The Morgan fingerprint density at radius 3 is 2.80 bits per heavy atom. The van der Waals surface area contributed by atoms with E-state index in [1.54, 1.807) is 12.3 Å². The number of aromatic nitrogens is 5. The molecular weight excluding hydrogens is 449 g/mol. The molecule has 0 saturated heterocycles. The molecule has 1 amide bonds. The number of H-pyrrole nitrogens is 1. The van der Waals surface area contributed by atoms with Crippen molar-refractivity contribution in [1.29, 1.82) is 0 Å². The minimum Gasteiger partial charge on any atom is -0.344 e. The van der Waals surface area contributed by atoms with Crippen LogP contribution in [0.3, 0.4) is 0 Å². The number of amides is 1. The summed E-state index contributed by atoms with van der Waals surface area (Å²) < 4.78 is 20.0. The third-order valence-corrected chi connectivity index (χ3v) is 5.85. The second kappa shape index (κ2) is 9.03. The molecule has 0 spiro atoms. The minimum absolute atomic E-state index is 0.0136. The number of aromatic amines is 1. The maximum absolute atomic E-state index is 15.0. The number of hydrogen-bond donors (Lipinski definition) is 3. The van der Waals surface area contributed by atoms with Crippen molar-refractivity contribution in [3.05, 3.63) is 65.5 Å². The van der Waals surface area contributed by atoms with Crippen molar-refractivity contribution in [3.63, 3.8) is 0 Å². The highest BCUT2D eigenvalue weighted by atomic mass is 19.1. The molecule has 0 fully saturated rings. The Bertz CT molecular complexity index is 1430. The van der Waals surface area contributed by atoms with Crippen molar-refractivity contribution in [3.8, 4) is 11.1 Å². The molecule has 0 aliphatic carbocycles. The van der Waals surface area contributed by atoms with Gasteiger partial charge in [0.05, 0.1) is 5.52 Å². The Balaban J connectivity index is 1.34. The third-order valence-electron chi connectivity index (χ3n) is 5.85. The molecule has 1 aliphatic heterocycles. The van der Waals surface area contributed by atoms with Crippen molar-refractivity contribution >= 4 is 22.6 Å². The predicted octanol–water partition coefficient (Wildman–Crippen LogP) is 3.75. The van der Waals surface area contributed by atoms with Gasteiger partial charge in [0.1, 0.15) is 11.6 Å². The van der Waals surface area contributed by atoms with Gasteiger partial charge in [-0.25, -0.2) is 14.4 Å². The van der Waals surface area contributed by atoms with Crippen molar-refractivity contribution < 1.29 is 13.7 Å². The van der Waals surface area contributed by atoms with Gasteiger partial charge < -0.3 is 20.1 Å². The monoisotopic (exact) mass is 475 g/mol. The number of benzene rings is 1. The first-order valence-electron chi connectivity index (χ1n) is 11.5. The van der Waals surface area contributed by atoms with Crippen LogP contribution in [0.15, 0.2) is 41.1 Å². The normalized spacial score (nSPS) is 14.2. The number of halogens is 1. The summed E-state index contributed by atoms with van der Waals surface area (Å²) in [6, 6.07) is 6.75. The Morgan fingerprint density at radius 2 is 2.09 bits per heavy atom. The largest absolute Gasteiger partial charge is 0.344 e. The number of pyridine rings is 1. The Kier molecular flexibility index (Phi) is 5.89. The van der Waals surface area contributed by atoms with Crippen LogP contribution in [-0.4, -0.2) is 44.1 Å². The van der Waals surface area contributed by atoms with Gasteiger partial charge in [-0.05, 0) is 36.2 Å².